The molecule has 0 spiro atoms. The van der Waals surface area contributed by atoms with E-state index in [-0.39, 0.29) is 0 Å². The number of benzene rings is 1. The van der Waals surface area contributed by atoms with E-state index in [0.29, 0.717) is 0 Å². The zero-order chi connectivity index (χ0) is 13.7. The van der Waals surface area contributed by atoms with Crippen LogP contribution in [0.2, 0.25) is 0 Å². The Kier molecular flexibility index (Phi) is 4.23. The van der Waals surface area contributed by atoms with Crippen LogP contribution in [0.3, 0.4) is 0 Å². The predicted molar refractivity (Wildman–Crippen MR) is 82.5 cm³/mol. The molecule has 19 heavy (non-hydrogen) atoms. The first kappa shape index (κ1) is 13.2. The van der Waals surface area contributed by atoms with Crippen LogP contribution in [0.1, 0.15) is 6.92 Å². The van der Waals surface area contributed by atoms with Crippen LogP contribution in [0.4, 0.5) is 23.0 Å². The molecule has 0 unspecified atom stereocenters. The molecule has 1 aromatic carbocycles. The number of hydrogen-bond acceptors (Lipinski definition) is 4. The van der Waals surface area contributed by atoms with Gasteiger partial charge in [-0.15, -0.1) is 0 Å². The Balaban J connectivity index is 2.10. The van der Waals surface area contributed by atoms with Gasteiger partial charge < -0.3 is 15.5 Å². The van der Waals surface area contributed by atoms with Crippen LogP contribution < -0.4 is 15.5 Å². The first-order chi connectivity index (χ1) is 9.19. The van der Waals surface area contributed by atoms with Crippen LogP contribution in [-0.2, 0) is 0 Å². The van der Waals surface area contributed by atoms with E-state index in [2.05, 4.69) is 51.7 Å². The van der Waals surface area contributed by atoms with Gasteiger partial charge >= 0.3 is 0 Å². The summed E-state index contributed by atoms with van der Waals surface area (Å²) in [6.07, 6.45) is 0. The van der Waals surface area contributed by atoms with Crippen molar-refractivity contribution in [3.05, 3.63) is 42.5 Å². The van der Waals surface area contributed by atoms with Gasteiger partial charge in [0, 0.05) is 32.0 Å². The minimum absolute atomic E-state index is 0.844. The normalized spacial score (nSPS) is 10.1. The van der Waals surface area contributed by atoms with Gasteiger partial charge in [0.15, 0.2) is 0 Å². The lowest BCUT2D eigenvalue weighted by Crippen LogP contribution is -2.08. The summed E-state index contributed by atoms with van der Waals surface area (Å²) < 4.78 is 0. The molecule has 4 heteroatoms. The summed E-state index contributed by atoms with van der Waals surface area (Å²) in [5, 5.41) is 6.50. The van der Waals surface area contributed by atoms with Gasteiger partial charge in [-0.1, -0.05) is 6.07 Å². The van der Waals surface area contributed by atoms with Crippen molar-refractivity contribution in [2.24, 2.45) is 0 Å². The molecule has 0 aliphatic carbocycles. The third-order valence-corrected chi connectivity index (χ3v) is 2.76. The van der Waals surface area contributed by atoms with E-state index >= 15 is 0 Å². The molecule has 0 saturated carbocycles. The van der Waals surface area contributed by atoms with Crippen LogP contribution in [-0.4, -0.2) is 25.6 Å². The number of aromatic nitrogens is 1. The molecule has 0 radical (unpaired) electrons. The van der Waals surface area contributed by atoms with Crippen molar-refractivity contribution in [1.82, 2.24) is 4.98 Å². The molecule has 0 aliphatic rings. The predicted octanol–water partition coefficient (Wildman–Crippen LogP) is 3.32. The van der Waals surface area contributed by atoms with Gasteiger partial charge in [-0.2, -0.15) is 0 Å². The standard InChI is InChI=1S/C15H20N4/c1-4-16-14-6-5-7-15(18-14)17-12-8-10-13(11-9-12)19(2)3/h5-11H,4H2,1-3H3,(H2,16,17,18). The molecule has 0 saturated heterocycles. The summed E-state index contributed by atoms with van der Waals surface area (Å²) >= 11 is 0. The Bertz CT molecular complexity index is 520. The van der Waals surface area contributed by atoms with Gasteiger partial charge in [0.25, 0.3) is 0 Å². The number of rotatable bonds is 5. The molecule has 0 aliphatic heterocycles. The van der Waals surface area contributed by atoms with Crippen molar-refractivity contribution < 1.29 is 0 Å². The summed E-state index contributed by atoms with van der Waals surface area (Å²) in [4.78, 5) is 6.56. The first-order valence-electron chi connectivity index (χ1n) is 6.44. The van der Waals surface area contributed by atoms with Gasteiger partial charge in [-0.05, 0) is 43.3 Å². The average molecular weight is 256 g/mol. The lowest BCUT2D eigenvalue weighted by Gasteiger charge is -2.13. The van der Waals surface area contributed by atoms with Crippen molar-refractivity contribution in [3.63, 3.8) is 0 Å². The Morgan fingerprint density at radius 3 is 2.32 bits per heavy atom. The zero-order valence-corrected chi connectivity index (χ0v) is 11.6. The maximum absolute atomic E-state index is 4.48. The van der Waals surface area contributed by atoms with Crippen molar-refractivity contribution in [1.29, 1.82) is 0 Å². The molecule has 0 bridgehead atoms. The Hall–Kier alpha value is -2.23. The third kappa shape index (κ3) is 3.61. The molecule has 1 aromatic heterocycles. The minimum Gasteiger partial charge on any atom is -0.378 e. The fraction of sp³-hybridized carbons (Fsp3) is 0.267. The Labute approximate surface area is 114 Å². The van der Waals surface area contributed by atoms with Crippen LogP contribution in [0, 0.1) is 0 Å². The summed E-state index contributed by atoms with van der Waals surface area (Å²) in [6.45, 7) is 2.93. The lowest BCUT2D eigenvalue weighted by atomic mass is 10.2. The maximum atomic E-state index is 4.48. The number of nitrogens with one attached hydrogen (secondary N) is 2. The monoisotopic (exact) mass is 256 g/mol. The average Bonchev–Trinajstić information content (AvgIpc) is 2.40. The number of pyridine rings is 1. The van der Waals surface area contributed by atoms with Gasteiger partial charge in [0.1, 0.15) is 11.6 Å². The van der Waals surface area contributed by atoms with Crippen molar-refractivity contribution in [3.8, 4) is 0 Å². The fourth-order valence-electron chi connectivity index (χ4n) is 1.77. The van der Waals surface area contributed by atoms with Crippen molar-refractivity contribution in [2.75, 3.05) is 36.2 Å². The third-order valence-electron chi connectivity index (χ3n) is 2.76. The molecule has 2 N–H and O–H groups in total. The smallest absolute Gasteiger partial charge is 0.132 e. The largest absolute Gasteiger partial charge is 0.378 e. The van der Waals surface area contributed by atoms with E-state index in [9.17, 15) is 0 Å². The van der Waals surface area contributed by atoms with E-state index in [1.165, 1.54) is 5.69 Å². The van der Waals surface area contributed by atoms with Gasteiger partial charge in [0.05, 0.1) is 0 Å². The highest BCUT2D eigenvalue weighted by molar-refractivity contribution is 5.61. The van der Waals surface area contributed by atoms with E-state index < -0.39 is 0 Å². The highest BCUT2D eigenvalue weighted by Crippen LogP contribution is 2.19. The zero-order valence-electron chi connectivity index (χ0n) is 11.6. The maximum Gasteiger partial charge on any atom is 0.132 e. The second kappa shape index (κ2) is 6.09. The number of hydrogen-bond donors (Lipinski definition) is 2. The molecule has 1 heterocycles. The van der Waals surface area contributed by atoms with E-state index in [0.717, 1.165) is 23.9 Å². The molecule has 0 amide bonds. The van der Waals surface area contributed by atoms with E-state index in [4.69, 9.17) is 0 Å². The van der Waals surface area contributed by atoms with Gasteiger partial charge in [-0.3, -0.25) is 0 Å². The highest BCUT2D eigenvalue weighted by atomic mass is 15.1. The molecule has 100 valence electrons. The van der Waals surface area contributed by atoms with Crippen molar-refractivity contribution in [2.45, 2.75) is 6.92 Å². The molecule has 2 aromatic rings. The second-order valence-corrected chi connectivity index (χ2v) is 4.50. The Morgan fingerprint density at radius 1 is 1.00 bits per heavy atom. The topological polar surface area (TPSA) is 40.2 Å². The van der Waals surface area contributed by atoms with E-state index in [1.807, 2.05) is 32.3 Å². The van der Waals surface area contributed by atoms with Crippen LogP contribution in [0.5, 0.6) is 0 Å². The lowest BCUT2D eigenvalue weighted by molar-refractivity contribution is 1.13. The van der Waals surface area contributed by atoms with Crippen LogP contribution in [0.15, 0.2) is 42.5 Å². The second-order valence-electron chi connectivity index (χ2n) is 4.50. The highest BCUT2D eigenvalue weighted by Gasteiger charge is 1.99. The first-order valence-corrected chi connectivity index (χ1v) is 6.44. The molecule has 0 fully saturated rings. The molecule has 0 atom stereocenters. The van der Waals surface area contributed by atoms with Gasteiger partial charge in [-0.25, -0.2) is 4.98 Å². The Morgan fingerprint density at radius 2 is 1.68 bits per heavy atom. The summed E-state index contributed by atoms with van der Waals surface area (Å²) in [7, 11) is 4.06. The van der Waals surface area contributed by atoms with E-state index in [1.54, 1.807) is 0 Å². The summed E-state index contributed by atoms with van der Waals surface area (Å²) in [5.74, 6) is 1.73. The van der Waals surface area contributed by atoms with Crippen LogP contribution >= 0.6 is 0 Å². The molecular weight excluding hydrogens is 236 g/mol. The summed E-state index contributed by atoms with van der Waals surface area (Å²) in [6, 6.07) is 14.2. The minimum atomic E-state index is 0.844. The molecule has 2 rings (SSSR count). The number of anilines is 4. The van der Waals surface area contributed by atoms with Gasteiger partial charge in [0.2, 0.25) is 0 Å². The van der Waals surface area contributed by atoms with Crippen molar-refractivity contribution >= 4 is 23.0 Å². The fourth-order valence-corrected chi connectivity index (χ4v) is 1.77. The SMILES string of the molecule is CCNc1cccc(Nc2ccc(N(C)C)cc2)n1. The van der Waals surface area contributed by atoms with Crippen LogP contribution in [0.25, 0.3) is 0 Å². The summed E-state index contributed by atoms with van der Waals surface area (Å²) in [5.41, 5.74) is 2.21. The molecular formula is C15H20N4. The number of nitrogens with zero attached hydrogens (tertiary/aromatic N) is 2. The quantitative estimate of drug-likeness (QED) is 0.861. The molecule has 4 nitrogen and oxygen atoms in total.